The number of hydrogen-bond acceptors (Lipinski definition) is 4. The molecule has 0 saturated carbocycles. The molecular weight excluding hydrogens is 618 g/mol. The second-order valence-electron chi connectivity index (χ2n) is 15.7. The van der Waals surface area contributed by atoms with Crippen LogP contribution in [-0.4, -0.2) is 46.1 Å². The Morgan fingerprint density at radius 3 is 1.16 bits per heavy atom. The lowest BCUT2D eigenvalue weighted by atomic mass is 10.0. The molecule has 0 fully saturated rings. The monoisotopic (exact) mass is 708 g/mol. The van der Waals surface area contributed by atoms with E-state index in [2.05, 4.69) is 19.2 Å². The van der Waals surface area contributed by atoms with Crippen LogP contribution in [0.25, 0.3) is 0 Å². The third-order valence-electron chi connectivity index (χ3n) is 10.6. The lowest BCUT2D eigenvalue weighted by molar-refractivity contribution is -0.124. The predicted molar refractivity (Wildman–Crippen MR) is 218 cm³/mol. The van der Waals surface area contributed by atoms with E-state index in [4.69, 9.17) is 0 Å². The number of nitrogens with one attached hydrogen (secondary N) is 1. The number of carbonyl (C=O) groups is 1. The van der Waals surface area contributed by atoms with Crippen molar-refractivity contribution in [2.24, 2.45) is 0 Å². The van der Waals surface area contributed by atoms with Gasteiger partial charge in [0, 0.05) is 0 Å². The van der Waals surface area contributed by atoms with E-state index >= 15 is 0 Å². The zero-order valence-corrected chi connectivity index (χ0v) is 33.8. The van der Waals surface area contributed by atoms with Crippen molar-refractivity contribution in [1.29, 1.82) is 0 Å². The Hall–Kier alpha value is -0.910. The number of rotatable bonds is 41. The van der Waals surface area contributed by atoms with Crippen molar-refractivity contribution in [2.45, 2.75) is 263 Å². The molecule has 4 N–H and O–H groups in total. The quantitative estimate of drug-likeness (QED) is 0.0376. The first kappa shape index (κ1) is 49.1. The molecule has 5 nitrogen and oxygen atoms in total. The number of unbranched alkanes of at least 4 members (excludes halogenated alkanes) is 32. The van der Waals surface area contributed by atoms with Gasteiger partial charge in [-0.05, 0) is 19.3 Å². The second kappa shape index (κ2) is 40.9. The Bertz CT molecular complexity index is 699. The van der Waals surface area contributed by atoms with E-state index in [1.54, 1.807) is 6.08 Å². The third-order valence-corrected chi connectivity index (χ3v) is 10.6. The van der Waals surface area contributed by atoms with E-state index in [1.165, 1.54) is 193 Å². The maximum Gasteiger partial charge on any atom is 0.222 e. The zero-order valence-electron chi connectivity index (χ0n) is 33.8. The summed E-state index contributed by atoms with van der Waals surface area (Å²) in [5, 5.41) is 33.2. The summed E-state index contributed by atoms with van der Waals surface area (Å²) in [7, 11) is 0. The number of aliphatic hydroxyl groups is 3. The Morgan fingerprint density at radius 1 is 0.500 bits per heavy atom. The molecule has 0 bridgehead atoms. The van der Waals surface area contributed by atoms with Crippen LogP contribution in [-0.2, 0) is 4.79 Å². The van der Waals surface area contributed by atoms with Gasteiger partial charge in [-0.2, -0.15) is 0 Å². The van der Waals surface area contributed by atoms with Crippen LogP contribution in [0.5, 0.6) is 0 Å². The second-order valence-corrected chi connectivity index (χ2v) is 15.7. The molecule has 0 radical (unpaired) electrons. The largest absolute Gasteiger partial charge is 0.394 e. The molecule has 1 amide bonds. The Labute approximate surface area is 312 Å². The smallest absolute Gasteiger partial charge is 0.222 e. The van der Waals surface area contributed by atoms with Crippen molar-refractivity contribution in [1.82, 2.24) is 5.32 Å². The van der Waals surface area contributed by atoms with Crippen LogP contribution in [0.2, 0.25) is 0 Å². The summed E-state index contributed by atoms with van der Waals surface area (Å²) in [5.41, 5.74) is 0. The molecule has 298 valence electrons. The minimum absolute atomic E-state index is 0.0189. The predicted octanol–water partition coefficient (Wildman–Crippen LogP) is 12.8. The average molecular weight is 708 g/mol. The minimum Gasteiger partial charge on any atom is -0.394 e. The van der Waals surface area contributed by atoms with Crippen LogP contribution in [0.4, 0.5) is 0 Å². The Morgan fingerprint density at radius 2 is 0.820 bits per heavy atom. The number of allylic oxidation sites excluding steroid dienone is 1. The van der Waals surface area contributed by atoms with Gasteiger partial charge in [0.25, 0.3) is 0 Å². The van der Waals surface area contributed by atoms with Crippen molar-refractivity contribution >= 4 is 5.91 Å². The van der Waals surface area contributed by atoms with Crippen molar-refractivity contribution in [2.75, 3.05) is 6.61 Å². The van der Waals surface area contributed by atoms with Gasteiger partial charge < -0.3 is 20.6 Å². The highest BCUT2D eigenvalue weighted by molar-refractivity contribution is 5.76. The lowest BCUT2D eigenvalue weighted by Crippen LogP contribution is -2.45. The van der Waals surface area contributed by atoms with Crippen molar-refractivity contribution in [3.63, 3.8) is 0 Å². The van der Waals surface area contributed by atoms with Crippen LogP contribution in [0.15, 0.2) is 12.2 Å². The van der Waals surface area contributed by atoms with E-state index in [9.17, 15) is 20.1 Å². The van der Waals surface area contributed by atoms with Gasteiger partial charge in [-0.15, -0.1) is 0 Å². The van der Waals surface area contributed by atoms with E-state index < -0.39 is 18.2 Å². The first-order chi connectivity index (χ1) is 24.5. The van der Waals surface area contributed by atoms with Crippen LogP contribution in [0.3, 0.4) is 0 Å². The van der Waals surface area contributed by atoms with E-state index in [-0.39, 0.29) is 18.9 Å². The molecule has 0 aromatic carbocycles. The van der Waals surface area contributed by atoms with Crippen molar-refractivity contribution < 1.29 is 20.1 Å². The molecule has 3 unspecified atom stereocenters. The summed E-state index contributed by atoms with van der Waals surface area (Å²) in [6, 6.07) is -0.739. The molecule has 0 aliphatic heterocycles. The summed E-state index contributed by atoms with van der Waals surface area (Å²) in [6.07, 6.45) is 47.8. The summed E-state index contributed by atoms with van der Waals surface area (Å²) in [4.78, 5) is 12.4. The van der Waals surface area contributed by atoms with Gasteiger partial charge in [-0.3, -0.25) is 4.79 Å². The maximum absolute atomic E-state index is 12.4. The molecule has 0 aromatic rings. The van der Waals surface area contributed by atoms with Gasteiger partial charge in [0.2, 0.25) is 5.91 Å². The normalized spacial score (nSPS) is 13.6. The average Bonchev–Trinajstić information content (AvgIpc) is 3.11. The molecule has 0 heterocycles. The van der Waals surface area contributed by atoms with Gasteiger partial charge in [-0.25, -0.2) is 0 Å². The molecule has 0 aromatic heterocycles. The van der Waals surface area contributed by atoms with Crippen LogP contribution >= 0.6 is 0 Å². The van der Waals surface area contributed by atoms with Crippen LogP contribution in [0, 0.1) is 0 Å². The Balaban J connectivity index is 3.61. The highest BCUT2D eigenvalue weighted by atomic mass is 16.3. The molecule has 0 saturated heterocycles. The lowest BCUT2D eigenvalue weighted by Gasteiger charge is -2.21. The molecule has 0 aliphatic rings. The highest BCUT2D eigenvalue weighted by Crippen LogP contribution is 2.16. The topological polar surface area (TPSA) is 89.8 Å². The number of carbonyl (C=O) groups excluding carboxylic acids is 1. The summed E-state index contributed by atoms with van der Waals surface area (Å²) in [5.74, 6) is -0.311. The summed E-state index contributed by atoms with van der Waals surface area (Å²) < 4.78 is 0. The summed E-state index contributed by atoms with van der Waals surface area (Å²) in [6.45, 7) is 4.23. The third kappa shape index (κ3) is 36.9. The van der Waals surface area contributed by atoms with Crippen LogP contribution < -0.4 is 5.32 Å². The van der Waals surface area contributed by atoms with Gasteiger partial charge in [0.15, 0.2) is 0 Å². The van der Waals surface area contributed by atoms with Crippen LogP contribution in [0.1, 0.15) is 245 Å². The van der Waals surface area contributed by atoms with Crippen molar-refractivity contribution in [3.8, 4) is 0 Å². The SMILES string of the molecule is CCCCCCCCCCCCCCC/C=C/C(O)C(CO)NC(=O)CC(O)CCCCCCCCCCCCCCCCCCCCCC. The minimum atomic E-state index is -0.924. The molecule has 50 heavy (non-hydrogen) atoms. The fourth-order valence-corrected chi connectivity index (χ4v) is 7.11. The van der Waals surface area contributed by atoms with Crippen molar-refractivity contribution in [3.05, 3.63) is 12.2 Å². The maximum atomic E-state index is 12.4. The Kier molecular flexibility index (Phi) is 40.1. The van der Waals surface area contributed by atoms with E-state index in [0.717, 1.165) is 25.7 Å². The first-order valence-electron chi connectivity index (χ1n) is 22.5. The van der Waals surface area contributed by atoms with E-state index in [0.29, 0.717) is 6.42 Å². The standard InChI is InChI=1S/C45H89NO4/c1-3-5-7-9-11-13-15-17-19-20-21-22-23-25-26-28-30-32-34-36-38-42(48)40-45(50)46-43(41-47)44(49)39-37-35-33-31-29-27-24-18-16-14-12-10-8-6-4-2/h37,39,42-44,47-49H,3-36,38,40-41H2,1-2H3,(H,46,50)/b39-37+. The fraction of sp³-hybridized carbons (Fsp3) is 0.933. The first-order valence-corrected chi connectivity index (χ1v) is 22.5. The number of hydrogen-bond donors (Lipinski definition) is 4. The number of amides is 1. The number of aliphatic hydroxyl groups excluding tert-OH is 3. The van der Waals surface area contributed by atoms with E-state index in [1.807, 2.05) is 6.08 Å². The van der Waals surface area contributed by atoms with Gasteiger partial charge >= 0.3 is 0 Å². The fourth-order valence-electron chi connectivity index (χ4n) is 7.11. The molecule has 0 rings (SSSR count). The van der Waals surface area contributed by atoms with Gasteiger partial charge in [0.05, 0.1) is 31.3 Å². The van der Waals surface area contributed by atoms with Gasteiger partial charge in [-0.1, -0.05) is 231 Å². The molecule has 0 spiro atoms. The highest BCUT2D eigenvalue weighted by Gasteiger charge is 2.20. The molecular formula is C45H89NO4. The molecule has 5 heteroatoms. The molecule has 0 aliphatic carbocycles. The summed E-state index contributed by atoms with van der Waals surface area (Å²) >= 11 is 0. The van der Waals surface area contributed by atoms with Gasteiger partial charge in [0.1, 0.15) is 0 Å². The molecule has 3 atom stereocenters. The zero-order chi connectivity index (χ0) is 36.6.